The minimum absolute atomic E-state index is 0.0800. The normalized spacial score (nSPS) is 19.1. The Morgan fingerprint density at radius 2 is 2.00 bits per heavy atom. The molecule has 0 bridgehead atoms. The summed E-state index contributed by atoms with van der Waals surface area (Å²) in [6, 6.07) is 8.62. The number of amides is 2. The summed E-state index contributed by atoms with van der Waals surface area (Å²) in [7, 11) is 0. The number of β-amino-alcohol motifs (C(OH)–C–C–N with tert-alkyl or cyclic N) is 1. The summed E-state index contributed by atoms with van der Waals surface area (Å²) in [5.74, 6) is -0.783. The molecule has 0 saturated carbocycles. The van der Waals surface area contributed by atoms with E-state index in [1.807, 2.05) is 0 Å². The van der Waals surface area contributed by atoms with Crippen LogP contribution in [0, 0.1) is 5.82 Å². The van der Waals surface area contributed by atoms with Crippen molar-refractivity contribution in [3.05, 3.63) is 54.0 Å². The second kappa shape index (κ2) is 8.16. The molecule has 3 rings (SSSR count). The number of aliphatic hydroxyl groups is 1. The van der Waals surface area contributed by atoms with E-state index in [4.69, 9.17) is 4.74 Å². The molecule has 2 heterocycles. The van der Waals surface area contributed by atoms with Crippen LogP contribution in [0.1, 0.15) is 31.1 Å². The number of benzene rings is 1. The Morgan fingerprint density at radius 3 is 2.62 bits per heavy atom. The lowest BCUT2D eigenvalue weighted by molar-refractivity contribution is 0.0269. The Hall–Kier alpha value is -3.00. The van der Waals surface area contributed by atoms with Gasteiger partial charge in [-0.2, -0.15) is 0 Å². The van der Waals surface area contributed by atoms with Crippen molar-refractivity contribution in [3.63, 3.8) is 0 Å². The summed E-state index contributed by atoms with van der Waals surface area (Å²) in [5.41, 5.74) is 0.806. The summed E-state index contributed by atoms with van der Waals surface area (Å²) < 4.78 is 18.6. The van der Waals surface area contributed by atoms with Crippen molar-refractivity contribution < 1.29 is 23.8 Å². The predicted octanol–water partition coefficient (Wildman–Crippen LogP) is 2.60. The predicted molar refractivity (Wildman–Crippen MR) is 105 cm³/mol. The molecule has 1 saturated heterocycles. The minimum Gasteiger partial charge on any atom is -0.444 e. The molecule has 2 aromatic rings. The van der Waals surface area contributed by atoms with Crippen molar-refractivity contribution in [1.82, 2.24) is 15.2 Å². The van der Waals surface area contributed by atoms with Gasteiger partial charge in [0.05, 0.1) is 29.9 Å². The van der Waals surface area contributed by atoms with Gasteiger partial charge in [-0.25, -0.2) is 9.18 Å². The van der Waals surface area contributed by atoms with Crippen molar-refractivity contribution in [1.29, 1.82) is 0 Å². The highest BCUT2D eigenvalue weighted by molar-refractivity contribution is 5.94. The first kappa shape index (κ1) is 20.7. The molecule has 1 aromatic heterocycles. The number of aromatic nitrogens is 1. The van der Waals surface area contributed by atoms with Gasteiger partial charge in [-0.05, 0) is 45.0 Å². The second-order valence-electron chi connectivity index (χ2n) is 7.98. The maximum atomic E-state index is 13.4. The Balaban J connectivity index is 1.62. The lowest BCUT2D eigenvalue weighted by Crippen LogP contribution is -2.43. The van der Waals surface area contributed by atoms with Crippen molar-refractivity contribution in [2.45, 2.75) is 38.5 Å². The van der Waals surface area contributed by atoms with Crippen LogP contribution in [0.5, 0.6) is 0 Å². The number of hydrogen-bond donors (Lipinski definition) is 2. The summed E-state index contributed by atoms with van der Waals surface area (Å²) in [6.45, 7) is 5.51. The molecule has 2 atom stereocenters. The Kier molecular flexibility index (Phi) is 5.83. The number of aliphatic hydroxyl groups excluding tert-OH is 1. The first-order valence-electron chi connectivity index (χ1n) is 9.31. The molecule has 0 spiro atoms. The molecule has 0 aliphatic carbocycles. The SMILES string of the molecule is CC(C)(C)OC(=O)N1C[C@@H](O)[C@@H](NC(=O)c2ccc(-c3cccc(F)c3)nc2)C1. The third-order valence-electron chi connectivity index (χ3n) is 4.40. The van der Waals surface area contributed by atoms with Crippen LogP contribution in [0.25, 0.3) is 11.3 Å². The Bertz CT molecular complexity index is 896. The fourth-order valence-corrected chi connectivity index (χ4v) is 3.00. The van der Waals surface area contributed by atoms with Gasteiger partial charge in [0.2, 0.25) is 0 Å². The van der Waals surface area contributed by atoms with Gasteiger partial charge >= 0.3 is 6.09 Å². The summed E-state index contributed by atoms with van der Waals surface area (Å²) in [6.07, 6.45) is -0.0388. The zero-order chi connectivity index (χ0) is 21.2. The molecule has 2 N–H and O–H groups in total. The molecule has 29 heavy (non-hydrogen) atoms. The largest absolute Gasteiger partial charge is 0.444 e. The van der Waals surface area contributed by atoms with Gasteiger partial charge in [-0.1, -0.05) is 12.1 Å². The number of rotatable bonds is 3. The first-order valence-corrected chi connectivity index (χ1v) is 9.31. The second-order valence-corrected chi connectivity index (χ2v) is 7.98. The van der Waals surface area contributed by atoms with Crippen LogP contribution in [-0.4, -0.2) is 57.8 Å². The number of pyridine rings is 1. The van der Waals surface area contributed by atoms with Gasteiger partial charge in [0.25, 0.3) is 5.91 Å². The molecule has 2 amide bonds. The van der Waals surface area contributed by atoms with E-state index < -0.39 is 29.7 Å². The number of nitrogens with zero attached hydrogens (tertiary/aromatic N) is 2. The number of halogens is 1. The highest BCUT2D eigenvalue weighted by Gasteiger charge is 2.37. The van der Waals surface area contributed by atoms with E-state index >= 15 is 0 Å². The molecule has 7 nitrogen and oxygen atoms in total. The van der Waals surface area contributed by atoms with Crippen LogP contribution in [-0.2, 0) is 4.74 Å². The van der Waals surface area contributed by atoms with E-state index in [0.717, 1.165) is 0 Å². The van der Waals surface area contributed by atoms with Crippen molar-refractivity contribution in [3.8, 4) is 11.3 Å². The lowest BCUT2D eigenvalue weighted by Gasteiger charge is -2.24. The number of likely N-dealkylation sites (tertiary alicyclic amines) is 1. The molecular weight excluding hydrogens is 377 g/mol. The summed E-state index contributed by atoms with van der Waals surface area (Å²) >= 11 is 0. The van der Waals surface area contributed by atoms with Crippen LogP contribution in [0.4, 0.5) is 9.18 Å². The zero-order valence-electron chi connectivity index (χ0n) is 16.6. The van der Waals surface area contributed by atoms with Crippen LogP contribution in [0.3, 0.4) is 0 Å². The summed E-state index contributed by atoms with van der Waals surface area (Å²) in [4.78, 5) is 30.2. The third-order valence-corrected chi connectivity index (χ3v) is 4.40. The molecule has 1 aliphatic heterocycles. The van der Waals surface area contributed by atoms with Crippen LogP contribution in [0.2, 0.25) is 0 Å². The van der Waals surface area contributed by atoms with Gasteiger partial charge in [0.15, 0.2) is 0 Å². The summed E-state index contributed by atoms with van der Waals surface area (Å²) in [5, 5.41) is 12.9. The monoisotopic (exact) mass is 401 g/mol. The molecule has 1 fully saturated rings. The van der Waals surface area contributed by atoms with E-state index in [9.17, 15) is 19.1 Å². The van der Waals surface area contributed by atoms with Gasteiger partial charge < -0.3 is 20.1 Å². The maximum Gasteiger partial charge on any atom is 0.410 e. The highest BCUT2D eigenvalue weighted by atomic mass is 19.1. The standard InChI is InChI=1S/C21H24FN3O4/c1-21(2,3)29-20(28)25-11-17(18(26)12-25)24-19(27)14-7-8-16(23-10-14)13-5-4-6-15(22)9-13/h4-10,17-18,26H,11-12H2,1-3H3,(H,24,27)/t17-,18+/m0/s1. The van der Waals surface area contributed by atoms with Crippen LogP contribution < -0.4 is 5.32 Å². The molecular formula is C21H24FN3O4. The topological polar surface area (TPSA) is 91.8 Å². The molecule has 1 aliphatic rings. The highest BCUT2D eigenvalue weighted by Crippen LogP contribution is 2.19. The van der Waals surface area contributed by atoms with E-state index in [-0.39, 0.29) is 18.9 Å². The van der Waals surface area contributed by atoms with Crippen molar-refractivity contribution in [2.75, 3.05) is 13.1 Å². The fourth-order valence-electron chi connectivity index (χ4n) is 3.00. The number of ether oxygens (including phenoxy) is 1. The zero-order valence-corrected chi connectivity index (χ0v) is 16.6. The average molecular weight is 401 g/mol. The van der Waals surface area contributed by atoms with E-state index in [1.165, 1.54) is 23.2 Å². The molecule has 1 aromatic carbocycles. The van der Waals surface area contributed by atoms with E-state index in [0.29, 0.717) is 16.8 Å². The maximum absolute atomic E-state index is 13.4. The quantitative estimate of drug-likeness (QED) is 0.825. The molecule has 0 radical (unpaired) electrons. The van der Waals surface area contributed by atoms with Crippen LogP contribution in [0.15, 0.2) is 42.6 Å². The number of nitrogens with one attached hydrogen (secondary N) is 1. The van der Waals surface area contributed by atoms with E-state index in [2.05, 4.69) is 10.3 Å². The van der Waals surface area contributed by atoms with Crippen molar-refractivity contribution >= 4 is 12.0 Å². The first-order chi connectivity index (χ1) is 13.6. The van der Waals surface area contributed by atoms with Gasteiger partial charge in [-0.15, -0.1) is 0 Å². The minimum atomic E-state index is -0.897. The smallest absolute Gasteiger partial charge is 0.410 e. The molecule has 8 heteroatoms. The van der Waals surface area contributed by atoms with E-state index in [1.54, 1.807) is 45.0 Å². The van der Waals surface area contributed by atoms with Gasteiger partial charge in [0.1, 0.15) is 11.4 Å². The molecule has 154 valence electrons. The number of hydrogen-bond acceptors (Lipinski definition) is 5. The third kappa shape index (κ3) is 5.29. The number of carbonyl (C=O) groups is 2. The molecule has 0 unspecified atom stereocenters. The number of carbonyl (C=O) groups excluding carboxylic acids is 2. The van der Waals surface area contributed by atoms with Gasteiger partial charge in [0, 0.05) is 18.3 Å². The Morgan fingerprint density at radius 1 is 1.24 bits per heavy atom. The fraction of sp³-hybridized carbons (Fsp3) is 0.381. The average Bonchev–Trinajstić information content (AvgIpc) is 3.01. The lowest BCUT2D eigenvalue weighted by atomic mass is 10.1. The Labute approximate surface area is 168 Å². The van der Waals surface area contributed by atoms with Crippen LogP contribution >= 0.6 is 0 Å². The van der Waals surface area contributed by atoms with Gasteiger partial charge in [-0.3, -0.25) is 9.78 Å². The van der Waals surface area contributed by atoms with Crippen molar-refractivity contribution in [2.24, 2.45) is 0 Å².